The summed E-state index contributed by atoms with van der Waals surface area (Å²) in [6, 6.07) is 21.4. The maximum atomic E-state index is 14.6. The molecular weight excluding hydrogens is 371 g/mol. The first-order valence-corrected chi connectivity index (χ1v) is 10.3. The topological polar surface area (TPSA) is 24.7 Å². The highest BCUT2D eigenvalue weighted by Crippen LogP contribution is 2.24. The third-order valence-corrected chi connectivity index (χ3v) is 4.89. The highest BCUT2D eigenvalue weighted by atomic mass is 19.1. The molecule has 3 aromatic rings. The van der Waals surface area contributed by atoms with Crippen LogP contribution in [0.5, 0.6) is 0 Å². The molecule has 0 unspecified atom stereocenters. The first kappa shape index (κ1) is 21.4. The van der Waals surface area contributed by atoms with Crippen LogP contribution in [0, 0.1) is 5.82 Å². The summed E-state index contributed by atoms with van der Waals surface area (Å²) in [6.45, 7) is 5.89. The molecule has 3 aromatic carbocycles. The second kappa shape index (κ2) is 11.0. The van der Waals surface area contributed by atoms with Gasteiger partial charge in [0.05, 0.1) is 12.4 Å². The van der Waals surface area contributed by atoms with Crippen molar-refractivity contribution in [1.29, 1.82) is 0 Å². The standard InChI is InChI=1S/C27H27FN2/c1-3-5-7-22-8-10-23(11-9-22)19-29-30-20-24-14-17-26(27(28)18-24)25-15-12-21(6-4-2)13-16-25/h3,8-20H,1,4-7H2,2H3. The summed E-state index contributed by atoms with van der Waals surface area (Å²) < 4.78 is 14.6. The Morgan fingerprint density at radius 1 is 0.800 bits per heavy atom. The Hall–Kier alpha value is -3.33. The number of halogens is 1. The van der Waals surface area contributed by atoms with Crippen LogP contribution in [0.4, 0.5) is 4.39 Å². The SMILES string of the molecule is C=CCCc1ccc(C=NN=Cc2ccc(-c3ccc(CCC)cc3)c(F)c2)cc1. The van der Waals surface area contributed by atoms with Crippen molar-refractivity contribution < 1.29 is 4.39 Å². The van der Waals surface area contributed by atoms with Crippen molar-refractivity contribution >= 4 is 12.4 Å². The van der Waals surface area contributed by atoms with Crippen molar-refractivity contribution in [2.24, 2.45) is 10.2 Å². The van der Waals surface area contributed by atoms with E-state index in [-0.39, 0.29) is 5.82 Å². The van der Waals surface area contributed by atoms with E-state index < -0.39 is 0 Å². The van der Waals surface area contributed by atoms with Gasteiger partial charge in [-0.05, 0) is 53.1 Å². The molecule has 0 heterocycles. The minimum absolute atomic E-state index is 0.263. The van der Waals surface area contributed by atoms with Crippen LogP contribution in [0.25, 0.3) is 11.1 Å². The van der Waals surface area contributed by atoms with Gasteiger partial charge in [-0.25, -0.2) is 4.39 Å². The average Bonchev–Trinajstić information content (AvgIpc) is 2.77. The van der Waals surface area contributed by atoms with Crippen molar-refractivity contribution in [3.8, 4) is 11.1 Å². The summed E-state index contributed by atoms with van der Waals surface area (Å²) in [5, 5.41) is 8.12. The smallest absolute Gasteiger partial charge is 0.131 e. The van der Waals surface area contributed by atoms with Gasteiger partial charge >= 0.3 is 0 Å². The van der Waals surface area contributed by atoms with E-state index in [0.717, 1.165) is 36.8 Å². The zero-order valence-electron chi connectivity index (χ0n) is 17.4. The molecule has 30 heavy (non-hydrogen) atoms. The van der Waals surface area contributed by atoms with Gasteiger partial charge in [-0.15, -0.1) is 6.58 Å². The molecule has 0 aromatic heterocycles. The Morgan fingerprint density at radius 2 is 1.40 bits per heavy atom. The van der Waals surface area contributed by atoms with E-state index in [1.54, 1.807) is 18.5 Å². The fraction of sp³-hybridized carbons (Fsp3) is 0.185. The van der Waals surface area contributed by atoms with Crippen LogP contribution >= 0.6 is 0 Å². The molecule has 0 spiro atoms. The minimum Gasteiger partial charge on any atom is -0.206 e. The van der Waals surface area contributed by atoms with Crippen molar-refractivity contribution in [3.63, 3.8) is 0 Å². The van der Waals surface area contributed by atoms with Gasteiger partial charge in [0.1, 0.15) is 5.82 Å². The molecule has 3 heteroatoms. The van der Waals surface area contributed by atoms with E-state index in [9.17, 15) is 4.39 Å². The molecule has 0 aliphatic heterocycles. The molecule has 0 atom stereocenters. The predicted octanol–water partition coefficient (Wildman–Crippen LogP) is 7.02. The summed E-state index contributed by atoms with van der Waals surface area (Å²) >= 11 is 0. The molecule has 0 N–H and O–H groups in total. The van der Waals surface area contributed by atoms with E-state index in [2.05, 4.69) is 48.0 Å². The van der Waals surface area contributed by atoms with Gasteiger partial charge in [0.15, 0.2) is 0 Å². The number of hydrogen-bond donors (Lipinski definition) is 0. The summed E-state index contributed by atoms with van der Waals surface area (Å²) in [5.74, 6) is -0.263. The van der Waals surface area contributed by atoms with Gasteiger partial charge in [-0.3, -0.25) is 0 Å². The first-order valence-electron chi connectivity index (χ1n) is 10.3. The third-order valence-electron chi connectivity index (χ3n) is 4.89. The zero-order valence-corrected chi connectivity index (χ0v) is 17.4. The Bertz CT molecular complexity index is 1020. The lowest BCUT2D eigenvalue weighted by atomic mass is 10.0. The number of allylic oxidation sites excluding steroid dienone is 1. The van der Waals surface area contributed by atoms with E-state index in [0.29, 0.717) is 11.1 Å². The molecular formula is C27H27FN2. The quantitative estimate of drug-likeness (QED) is 0.210. The largest absolute Gasteiger partial charge is 0.206 e. The van der Waals surface area contributed by atoms with Crippen molar-refractivity contribution in [3.05, 3.63) is 107 Å². The molecule has 0 saturated carbocycles. The Balaban J connectivity index is 1.62. The number of benzene rings is 3. The van der Waals surface area contributed by atoms with E-state index >= 15 is 0 Å². The van der Waals surface area contributed by atoms with Gasteiger partial charge in [0, 0.05) is 5.56 Å². The fourth-order valence-corrected chi connectivity index (χ4v) is 3.22. The normalized spacial score (nSPS) is 11.4. The lowest BCUT2D eigenvalue weighted by molar-refractivity contribution is 0.631. The Labute approximate surface area is 178 Å². The van der Waals surface area contributed by atoms with Crippen LogP contribution in [0.1, 0.15) is 42.0 Å². The second-order valence-corrected chi connectivity index (χ2v) is 7.24. The molecule has 0 amide bonds. The maximum Gasteiger partial charge on any atom is 0.131 e. The van der Waals surface area contributed by atoms with Crippen LogP contribution in [0.15, 0.2) is 89.6 Å². The zero-order chi connectivity index (χ0) is 21.2. The highest BCUT2D eigenvalue weighted by Gasteiger charge is 2.05. The van der Waals surface area contributed by atoms with Crippen molar-refractivity contribution in [1.82, 2.24) is 0 Å². The summed E-state index contributed by atoms with van der Waals surface area (Å²) in [7, 11) is 0. The van der Waals surface area contributed by atoms with Gasteiger partial charge in [-0.2, -0.15) is 10.2 Å². The monoisotopic (exact) mass is 398 g/mol. The number of nitrogens with zero attached hydrogens (tertiary/aromatic N) is 2. The van der Waals surface area contributed by atoms with Crippen LogP contribution in [-0.4, -0.2) is 12.4 Å². The molecule has 0 bridgehead atoms. The van der Waals surface area contributed by atoms with Crippen LogP contribution < -0.4 is 0 Å². The molecule has 0 saturated heterocycles. The van der Waals surface area contributed by atoms with Crippen molar-refractivity contribution in [2.75, 3.05) is 0 Å². The first-order chi connectivity index (χ1) is 14.7. The number of rotatable bonds is 9. The van der Waals surface area contributed by atoms with Gasteiger partial charge in [-0.1, -0.05) is 80.1 Å². The molecule has 0 fully saturated rings. The van der Waals surface area contributed by atoms with Crippen LogP contribution in [-0.2, 0) is 12.8 Å². The number of hydrogen-bond acceptors (Lipinski definition) is 2. The predicted molar refractivity (Wildman–Crippen MR) is 126 cm³/mol. The average molecular weight is 399 g/mol. The van der Waals surface area contributed by atoms with Gasteiger partial charge in [0.25, 0.3) is 0 Å². The molecule has 2 nitrogen and oxygen atoms in total. The molecule has 152 valence electrons. The maximum absolute atomic E-state index is 14.6. The summed E-state index contributed by atoms with van der Waals surface area (Å²) in [5.41, 5.74) is 5.67. The Morgan fingerprint density at radius 3 is 2.03 bits per heavy atom. The summed E-state index contributed by atoms with van der Waals surface area (Å²) in [4.78, 5) is 0. The molecule has 0 radical (unpaired) electrons. The third kappa shape index (κ3) is 6.08. The van der Waals surface area contributed by atoms with E-state index in [1.807, 2.05) is 36.4 Å². The van der Waals surface area contributed by atoms with Gasteiger partial charge in [0.2, 0.25) is 0 Å². The Kier molecular flexibility index (Phi) is 7.85. The van der Waals surface area contributed by atoms with Gasteiger partial charge < -0.3 is 0 Å². The number of aryl methyl sites for hydroxylation is 2. The van der Waals surface area contributed by atoms with Crippen molar-refractivity contribution in [2.45, 2.75) is 32.6 Å². The lowest BCUT2D eigenvalue weighted by Crippen LogP contribution is -1.90. The molecule has 0 aliphatic carbocycles. The fourth-order valence-electron chi connectivity index (χ4n) is 3.22. The summed E-state index contributed by atoms with van der Waals surface area (Å²) in [6.07, 6.45) is 9.27. The van der Waals surface area contributed by atoms with E-state index in [4.69, 9.17) is 0 Å². The second-order valence-electron chi connectivity index (χ2n) is 7.24. The molecule has 3 rings (SSSR count). The van der Waals surface area contributed by atoms with E-state index in [1.165, 1.54) is 17.2 Å². The lowest BCUT2D eigenvalue weighted by Gasteiger charge is -2.06. The van der Waals surface area contributed by atoms with Crippen LogP contribution in [0.2, 0.25) is 0 Å². The molecule has 0 aliphatic rings. The minimum atomic E-state index is -0.263. The van der Waals surface area contributed by atoms with Crippen LogP contribution in [0.3, 0.4) is 0 Å². The highest BCUT2D eigenvalue weighted by molar-refractivity contribution is 5.83.